The molecule has 42 unspecified atom stereocenters. The Morgan fingerprint density at radius 2 is 0.475 bits per heavy atom. The van der Waals surface area contributed by atoms with E-state index >= 15 is 0 Å². The van der Waals surface area contributed by atoms with Crippen molar-refractivity contribution in [2.75, 3.05) is 0 Å². The number of hydrogen-bond acceptors (Lipinski definition) is 0. The Labute approximate surface area is 756 Å². The predicted octanol–water partition coefficient (Wildman–Crippen LogP) is 36.3. The highest BCUT2D eigenvalue weighted by atomic mass is 14.6. The third kappa shape index (κ3) is 21.4. The summed E-state index contributed by atoms with van der Waals surface area (Å²) in [5.74, 6) is 50.7. The van der Waals surface area contributed by atoms with E-state index in [9.17, 15) is 0 Å². The van der Waals surface area contributed by atoms with Gasteiger partial charge in [-0.15, -0.1) is 0 Å². The SMILES string of the molecule is CC1C(C)C(C)C1C.CC1C(C)C2C=CC1C(C)C2C.CC1C(C)C2C=CC1C(C)C2C.CC1C(C)C2CC1C(C)C2C.CC1C(C)C2CCC1C(C)C2C.CC1C2C=CC(C)(C(C)C2)C1C.CC1C2CC(C)C(C)(C2)C1C.CC1C2CCC(C)(C1C)C(C)C2C.CC1CC(C)C(C)C1C.CC1CC(C)C(C)CC1C.CC1CCC(C)C(C)C1C. The van der Waals surface area contributed by atoms with Crippen molar-refractivity contribution in [2.45, 2.75) is 395 Å². The lowest BCUT2D eigenvalue weighted by Gasteiger charge is -2.60. The standard InChI is InChI=1S/C13H24.C12H20.C12H22.2C12H20.2C11H20.2C10H20.C9H18.C8H16/c1-8-10(3)13(5)7-6-12(8)9(2)11(13)4;1-8-7-11-5-6-12(8,4)10(3)9(11)2;3*1-7-8(2)12-6-5-11(7)9(3)10(12)4;1-7-5-10-6-11(7,4)9(3)8(10)2;1-6-7(2)11-5-10(6)8(3)9(11)4;1-7-5-9(3)10(4)6-8(7)2;1-7-5-6-8(2)10(4)9(7)3;1-6-5-7(2)9(4)8(6)3;1-5-6(2)8(4)7(5)3/h8-12H,6-7H2,1-5H3;5-6,8-11H,7H2,1-4H3;7-12H,5-6H2,1-4H3;2*5-12H,1-4H3;7-10H,5-6H2,1-4H3;6-11H,5H2,1-4H3;2*7-10H,5-6H2,1-4H3;6-9H,5H2,1-4H3;5-8H,1-4H3. The van der Waals surface area contributed by atoms with Crippen molar-refractivity contribution in [2.24, 2.45) is 330 Å². The van der Waals surface area contributed by atoms with Gasteiger partial charge in [0.2, 0.25) is 0 Å². The highest BCUT2D eigenvalue weighted by Gasteiger charge is 2.57. The van der Waals surface area contributed by atoms with Crippen LogP contribution in [-0.2, 0) is 0 Å². The van der Waals surface area contributed by atoms with Gasteiger partial charge in [0.05, 0.1) is 0 Å². The molecular weight excluding hydrogens is 1440 g/mol. The summed E-state index contributed by atoms with van der Waals surface area (Å²) >= 11 is 0. The van der Waals surface area contributed by atoms with Crippen molar-refractivity contribution < 1.29 is 0 Å². The van der Waals surface area contributed by atoms with Gasteiger partial charge in [-0.25, -0.2) is 0 Å². The molecule has 0 aliphatic heterocycles. The van der Waals surface area contributed by atoms with Crippen molar-refractivity contribution in [3.05, 3.63) is 36.5 Å². The summed E-state index contributed by atoms with van der Waals surface area (Å²) in [6, 6.07) is 0. The lowest BCUT2D eigenvalue weighted by atomic mass is 9.45. The van der Waals surface area contributed by atoms with Gasteiger partial charge in [-0.1, -0.05) is 361 Å². The maximum Gasteiger partial charge on any atom is -0.00922 e. The topological polar surface area (TPSA) is 0 Å². The fourth-order valence-corrected chi connectivity index (χ4v) is 33.4. The van der Waals surface area contributed by atoms with Gasteiger partial charge < -0.3 is 0 Å². The Hall–Kier alpha value is -0.780. The van der Waals surface area contributed by atoms with Crippen LogP contribution < -0.4 is 0 Å². The molecule has 0 aromatic carbocycles. The molecule has 0 aromatic rings. The number of allylic oxidation sites excluding steroid dienone is 6. The molecule has 17 fully saturated rings. The molecule has 700 valence electrons. The Balaban J connectivity index is 0.000000165. The van der Waals surface area contributed by atoms with Crippen LogP contribution in [0.5, 0.6) is 0 Å². The number of hydrogen-bond donors (Lipinski definition) is 0. The third-order valence-corrected chi connectivity index (χ3v) is 49.1. The molecule has 42 atom stereocenters. The zero-order valence-electron chi connectivity index (χ0n) is 89.8. The quantitative estimate of drug-likeness (QED) is 0.212. The molecule has 0 spiro atoms. The van der Waals surface area contributed by atoms with E-state index in [-0.39, 0.29) is 0 Å². The second-order valence-electron chi connectivity index (χ2n) is 52.7. The summed E-state index contributed by atoms with van der Waals surface area (Å²) < 4.78 is 0. The van der Waals surface area contributed by atoms with Crippen molar-refractivity contribution in [1.29, 1.82) is 0 Å². The minimum absolute atomic E-state index is 0.494. The average Bonchev–Trinajstić information content (AvgIpc) is 1.19. The van der Waals surface area contributed by atoms with Gasteiger partial charge in [0.25, 0.3) is 0 Å². The van der Waals surface area contributed by atoms with Crippen LogP contribution in [0.15, 0.2) is 36.5 Å². The summed E-state index contributed by atoms with van der Waals surface area (Å²) in [6.45, 7) is 109. The molecule has 23 aliphatic rings. The van der Waals surface area contributed by atoms with Gasteiger partial charge in [-0.2, -0.15) is 0 Å². The Morgan fingerprint density at radius 3 is 0.733 bits per heavy atom. The molecule has 23 aliphatic carbocycles. The number of fused-ring (bicyclic) bond motifs is 16. The molecule has 0 heterocycles. The van der Waals surface area contributed by atoms with E-state index in [1.165, 1.54) is 83.5 Å². The van der Waals surface area contributed by atoms with Gasteiger partial charge in [0.1, 0.15) is 0 Å². The zero-order chi connectivity index (χ0) is 90.5. The molecule has 17 saturated carbocycles. The molecule has 0 saturated heterocycles. The Bertz CT molecular complexity index is 2830. The monoisotopic (exact) mass is 1660 g/mol. The molecular formula is C120H220. The summed E-state index contributed by atoms with van der Waals surface area (Å²) in [5, 5.41) is 0. The van der Waals surface area contributed by atoms with Crippen LogP contribution in [0.3, 0.4) is 0 Å². The molecule has 0 heteroatoms. The number of rotatable bonds is 0. The first-order valence-electron chi connectivity index (χ1n) is 54.7. The highest BCUT2D eigenvalue weighted by molar-refractivity contribution is 5.17. The summed E-state index contributed by atoms with van der Waals surface area (Å²) in [6.07, 6.45) is 34.0. The largest absolute Gasteiger partial charge is 0.0846 e. The maximum atomic E-state index is 2.53. The van der Waals surface area contributed by atoms with Crippen LogP contribution in [0.25, 0.3) is 0 Å². The van der Waals surface area contributed by atoms with Gasteiger partial charge in [-0.3, -0.25) is 0 Å². The third-order valence-electron chi connectivity index (χ3n) is 49.1. The Morgan fingerprint density at radius 1 is 0.192 bits per heavy atom. The van der Waals surface area contributed by atoms with E-state index in [1.54, 1.807) is 0 Å². The van der Waals surface area contributed by atoms with Crippen molar-refractivity contribution in [3.63, 3.8) is 0 Å². The molecule has 0 N–H and O–H groups in total. The van der Waals surface area contributed by atoms with Gasteiger partial charge in [0, 0.05) is 0 Å². The molecule has 14 bridgehead atoms. The first-order chi connectivity index (χ1) is 55.6. The van der Waals surface area contributed by atoms with E-state index in [4.69, 9.17) is 0 Å². The van der Waals surface area contributed by atoms with Crippen molar-refractivity contribution >= 4 is 0 Å². The smallest absolute Gasteiger partial charge is 0.00922 e. The van der Waals surface area contributed by atoms with Gasteiger partial charge in [0.15, 0.2) is 0 Å². The van der Waals surface area contributed by atoms with Crippen LogP contribution in [0.4, 0.5) is 0 Å². The van der Waals surface area contributed by atoms with E-state index < -0.39 is 0 Å². The van der Waals surface area contributed by atoms with Crippen LogP contribution in [-0.4, -0.2) is 0 Å². The van der Waals surface area contributed by atoms with E-state index in [0.29, 0.717) is 16.2 Å². The molecule has 0 radical (unpaired) electrons. The van der Waals surface area contributed by atoms with E-state index in [0.717, 1.165) is 314 Å². The molecule has 0 nitrogen and oxygen atoms in total. The average molecular weight is 1660 g/mol. The van der Waals surface area contributed by atoms with Crippen molar-refractivity contribution in [3.8, 4) is 0 Å². The summed E-state index contributed by atoms with van der Waals surface area (Å²) in [4.78, 5) is 0. The lowest BCUT2D eigenvalue weighted by molar-refractivity contribution is -0.114. The van der Waals surface area contributed by atoms with Gasteiger partial charge in [-0.05, 0) is 401 Å². The fraction of sp³-hybridized carbons (Fsp3) is 0.950. The van der Waals surface area contributed by atoms with Gasteiger partial charge >= 0.3 is 0 Å². The molecule has 0 aromatic heterocycles. The predicted molar refractivity (Wildman–Crippen MR) is 535 cm³/mol. The Kier molecular flexibility index (Phi) is 37.1. The van der Waals surface area contributed by atoms with E-state index in [1.807, 2.05) is 0 Å². The summed E-state index contributed by atoms with van der Waals surface area (Å²) in [5.41, 5.74) is 1.84. The van der Waals surface area contributed by atoms with Crippen LogP contribution in [0.2, 0.25) is 0 Å². The summed E-state index contributed by atoms with van der Waals surface area (Å²) in [7, 11) is 0. The minimum Gasteiger partial charge on any atom is -0.0846 e. The maximum absolute atomic E-state index is 2.53. The molecule has 0 amide bonds. The second-order valence-corrected chi connectivity index (χ2v) is 52.7. The van der Waals surface area contributed by atoms with E-state index in [2.05, 4.69) is 348 Å². The van der Waals surface area contributed by atoms with Crippen LogP contribution in [0.1, 0.15) is 395 Å². The fourth-order valence-electron chi connectivity index (χ4n) is 33.4. The molecule has 23 rings (SSSR count). The van der Waals surface area contributed by atoms with Crippen LogP contribution in [0, 0.1) is 330 Å². The normalized spacial score (nSPS) is 57.0. The first kappa shape index (κ1) is 105. The van der Waals surface area contributed by atoms with Crippen molar-refractivity contribution in [1.82, 2.24) is 0 Å². The minimum atomic E-state index is 0.494. The lowest BCUT2D eigenvalue weighted by Crippen LogP contribution is -2.53. The first-order valence-corrected chi connectivity index (χ1v) is 54.7. The zero-order valence-corrected chi connectivity index (χ0v) is 89.8. The second kappa shape index (κ2) is 42.6. The molecule has 120 heavy (non-hydrogen) atoms. The highest BCUT2D eigenvalue weighted by Crippen LogP contribution is 2.65. The van der Waals surface area contributed by atoms with Crippen LogP contribution >= 0.6 is 0 Å².